The SMILES string of the molecule is C.C.C.C.C.C.C.C.C.C.C.C.C.C.CCC(C)(C)C(=O)OC1(C)CCCC1.CCC(C)(C)C(=O)OC1(C)CCCCCC1.CCC(C)(C)C(=O)OC1(C)CCCCCCCCC1.CCC(C)(C)C(=O)OC1(C)CCCCCCCCCCC1.CCC(C)C(=O)OC1(CC)CCCCCC1.CCC1(OC(=O)C(C)(C)CC)CCCC1.CCC1(OC(=O)C(C)(C)CC)CCCCCC1. The highest BCUT2D eigenvalue weighted by atomic mass is 16.6. The van der Waals surface area contributed by atoms with Crippen LogP contribution in [0.2, 0.25) is 0 Å². The Hall–Kier alpha value is -3.71. The third-order valence-electron chi connectivity index (χ3n) is 29.5. The lowest BCUT2D eigenvalue weighted by atomic mass is 9.87. The Kier molecular flexibility index (Phi) is 94.1. The van der Waals surface area contributed by atoms with Crippen LogP contribution in [-0.4, -0.2) is 81.0 Å². The average Bonchev–Trinajstić information content (AvgIpc) is 1.67. The van der Waals surface area contributed by atoms with E-state index >= 15 is 0 Å². The van der Waals surface area contributed by atoms with E-state index in [1.165, 1.54) is 205 Å². The zero-order valence-electron chi connectivity index (χ0n) is 82.9. The molecule has 7 fully saturated rings. The largest absolute Gasteiger partial charge is 0.459 e. The minimum Gasteiger partial charge on any atom is -0.459 e. The van der Waals surface area contributed by atoms with Crippen LogP contribution in [0.1, 0.15) is 650 Å². The van der Waals surface area contributed by atoms with Gasteiger partial charge < -0.3 is 33.2 Å². The van der Waals surface area contributed by atoms with Crippen LogP contribution >= 0.6 is 0 Å². The predicted octanol–water partition coefficient (Wildman–Crippen LogP) is 39.8. The summed E-state index contributed by atoms with van der Waals surface area (Å²) in [7, 11) is 0. The first-order valence-electron chi connectivity index (χ1n) is 49.8. The van der Waals surface area contributed by atoms with E-state index < -0.39 is 0 Å². The Balaban J connectivity index is -0.000000101. The fourth-order valence-corrected chi connectivity index (χ4v) is 16.2. The maximum absolute atomic E-state index is 12.4. The van der Waals surface area contributed by atoms with Crippen molar-refractivity contribution in [2.24, 2.45) is 38.4 Å². The molecule has 0 aromatic rings. The van der Waals surface area contributed by atoms with Gasteiger partial charge in [-0.2, -0.15) is 0 Å². The molecule has 7 aliphatic carbocycles. The van der Waals surface area contributed by atoms with Crippen molar-refractivity contribution in [1.82, 2.24) is 0 Å². The predicted molar refractivity (Wildman–Crippen MR) is 586 cm³/mol. The van der Waals surface area contributed by atoms with E-state index in [1.54, 1.807) is 0 Å². The maximum atomic E-state index is 12.4. The van der Waals surface area contributed by atoms with E-state index in [-0.39, 0.29) is 223 Å². The summed E-state index contributed by atoms with van der Waals surface area (Å²) in [6.45, 7) is 54.8. The molecule has 806 valence electrons. The Morgan fingerprint density at radius 2 is 0.326 bits per heavy atom. The molecule has 0 N–H and O–H groups in total. The Bertz CT molecular complexity index is 2740. The summed E-state index contributed by atoms with van der Waals surface area (Å²) < 4.78 is 40.8. The number of rotatable bonds is 24. The number of carbonyl (C=O) groups excluding carboxylic acids is 7. The van der Waals surface area contributed by atoms with Gasteiger partial charge in [0, 0.05) is 0 Å². The van der Waals surface area contributed by atoms with Crippen LogP contribution in [-0.2, 0) is 66.7 Å². The molecule has 1 unspecified atom stereocenters. The van der Waals surface area contributed by atoms with Crippen molar-refractivity contribution in [3.63, 3.8) is 0 Å². The Morgan fingerprint density at radius 1 is 0.205 bits per heavy atom. The second-order valence-electron chi connectivity index (χ2n) is 42.7. The molecule has 0 aromatic heterocycles. The van der Waals surface area contributed by atoms with Crippen LogP contribution in [0.25, 0.3) is 0 Å². The topological polar surface area (TPSA) is 184 Å². The minimum atomic E-state index is -0.354. The number of carbonyl (C=O) groups is 7. The molecular formula is C118H250O14. The zero-order valence-corrected chi connectivity index (χ0v) is 82.9. The quantitative estimate of drug-likeness (QED) is 0.0505. The lowest BCUT2D eigenvalue weighted by Crippen LogP contribution is -2.39. The van der Waals surface area contributed by atoms with Gasteiger partial charge in [-0.1, -0.05) is 296 Å². The summed E-state index contributed by atoms with van der Waals surface area (Å²) in [5.74, 6) is -0.0756. The highest BCUT2D eigenvalue weighted by Gasteiger charge is 2.44. The second kappa shape index (κ2) is 78.0. The van der Waals surface area contributed by atoms with Crippen molar-refractivity contribution in [3.05, 3.63) is 0 Å². The fraction of sp³-hybridized carbons (Fsp3) is 0.941. The molecule has 0 radical (unpaired) electrons. The van der Waals surface area contributed by atoms with Gasteiger partial charge in [0.15, 0.2) is 0 Å². The van der Waals surface area contributed by atoms with Crippen LogP contribution in [0, 0.1) is 38.4 Å². The summed E-state index contributed by atoms with van der Waals surface area (Å²) in [6, 6.07) is 0. The molecule has 7 rings (SSSR count). The normalized spacial score (nSPS) is 19.1. The van der Waals surface area contributed by atoms with Gasteiger partial charge in [0.2, 0.25) is 0 Å². The van der Waals surface area contributed by atoms with Crippen molar-refractivity contribution >= 4 is 41.8 Å². The number of hydrogen-bond donors (Lipinski definition) is 0. The summed E-state index contributed by atoms with van der Waals surface area (Å²) in [5.41, 5.74) is -3.35. The van der Waals surface area contributed by atoms with Crippen LogP contribution in [0.3, 0.4) is 0 Å². The van der Waals surface area contributed by atoms with Gasteiger partial charge in [-0.05, 0) is 355 Å². The molecule has 7 saturated carbocycles. The maximum Gasteiger partial charge on any atom is 0.312 e. The molecule has 132 heavy (non-hydrogen) atoms. The standard InChI is InChI=1S/C19H36O2.C17H32O2.C15H28O2.2C14H26O2.C13H24O2.C12H22O2.14CH4/c1-5-18(2,3)17(20)21-19(4)15-13-11-9-7-6-8-10-12-14-16-19;1-5-16(2,3)15(18)19-17(4)13-11-9-7-6-8-10-12-14-17;1-5-14(3,4)13(16)17-15(6-2)11-9-7-8-10-12-15;1-5-13(2,3)12(15)16-14(4)10-8-6-7-9-11-14;1-4-12(3)13(15)16-14(5-2)10-8-6-7-9-11-14;1-5-12(3,4)11(14)15-13(6-2)9-7-8-10-13;1-5-11(2,3)10(13)14-12(4)8-6-7-9-12;;;;;;;;;;;;;;/h5-16H2,1-4H3;5-14H2,1-4H3;5-12H2,1-4H3;5-11H2,1-4H3;12H,4-11H2,1-3H3;5-10H2,1-4H3;5-9H2,1-4H3;14*1H4. The molecular weight excluding hydrogens is 1640 g/mol. The molecule has 0 aliphatic heterocycles. The summed E-state index contributed by atoms with van der Waals surface area (Å²) in [6.07, 6.45) is 63.8. The second-order valence-corrected chi connectivity index (χ2v) is 42.7. The Morgan fingerprint density at radius 3 is 0.470 bits per heavy atom. The van der Waals surface area contributed by atoms with Crippen molar-refractivity contribution in [2.75, 3.05) is 0 Å². The third-order valence-corrected chi connectivity index (χ3v) is 29.5. The van der Waals surface area contributed by atoms with Crippen LogP contribution < -0.4 is 0 Å². The molecule has 1 atom stereocenters. The average molecular weight is 1890 g/mol. The molecule has 0 spiro atoms. The Labute approximate surface area is 831 Å². The van der Waals surface area contributed by atoms with E-state index in [0.717, 1.165) is 154 Å². The van der Waals surface area contributed by atoms with E-state index in [1.807, 2.05) is 125 Å². The fourth-order valence-electron chi connectivity index (χ4n) is 16.2. The molecule has 0 heterocycles. The molecule has 14 heteroatoms. The van der Waals surface area contributed by atoms with Gasteiger partial charge in [-0.3, -0.25) is 33.6 Å². The first-order valence-corrected chi connectivity index (χ1v) is 49.8. The van der Waals surface area contributed by atoms with E-state index in [0.29, 0.717) is 0 Å². The number of ether oxygens (including phenoxy) is 7. The lowest BCUT2D eigenvalue weighted by molar-refractivity contribution is -0.173. The van der Waals surface area contributed by atoms with E-state index in [4.69, 9.17) is 33.2 Å². The van der Waals surface area contributed by atoms with Crippen LogP contribution in [0.5, 0.6) is 0 Å². The first kappa shape index (κ1) is 159. The van der Waals surface area contributed by atoms with Gasteiger partial charge in [0.1, 0.15) is 39.2 Å². The molecule has 0 amide bonds. The molecule has 14 nitrogen and oxygen atoms in total. The number of hydrogen-bond acceptors (Lipinski definition) is 14. The lowest BCUT2D eigenvalue weighted by Gasteiger charge is -2.35. The highest BCUT2D eigenvalue weighted by molar-refractivity contribution is 5.79. The molecule has 7 aliphatic rings. The van der Waals surface area contributed by atoms with Crippen LogP contribution in [0.4, 0.5) is 0 Å². The zero-order chi connectivity index (χ0) is 89.7. The first-order chi connectivity index (χ1) is 55.1. The van der Waals surface area contributed by atoms with Crippen molar-refractivity contribution < 1.29 is 66.7 Å². The van der Waals surface area contributed by atoms with Crippen molar-refractivity contribution in [2.45, 2.75) is 690 Å². The van der Waals surface area contributed by atoms with Crippen molar-refractivity contribution in [1.29, 1.82) is 0 Å². The molecule has 0 saturated heterocycles. The van der Waals surface area contributed by atoms with E-state index in [2.05, 4.69) is 62.3 Å². The summed E-state index contributed by atoms with van der Waals surface area (Å²) >= 11 is 0. The van der Waals surface area contributed by atoms with Gasteiger partial charge >= 0.3 is 41.8 Å². The van der Waals surface area contributed by atoms with Gasteiger partial charge in [0.05, 0.1) is 38.4 Å². The van der Waals surface area contributed by atoms with Gasteiger partial charge in [-0.25, -0.2) is 0 Å². The highest BCUT2D eigenvalue weighted by Crippen LogP contribution is 2.43. The molecule has 0 aromatic carbocycles. The number of esters is 7. The van der Waals surface area contributed by atoms with Gasteiger partial charge in [0.25, 0.3) is 0 Å². The smallest absolute Gasteiger partial charge is 0.312 e. The van der Waals surface area contributed by atoms with E-state index in [9.17, 15) is 33.6 Å². The monoisotopic (exact) mass is 1890 g/mol. The van der Waals surface area contributed by atoms with Crippen molar-refractivity contribution in [3.8, 4) is 0 Å². The summed E-state index contributed by atoms with van der Waals surface area (Å²) in [4.78, 5) is 84.7. The third kappa shape index (κ3) is 60.3. The van der Waals surface area contributed by atoms with Crippen LogP contribution in [0.15, 0.2) is 0 Å². The molecule has 0 bridgehead atoms. The minimum absolute atomic E-state index is 0. The van der Waals surface area contributed by atoms with Gasteiger partial charge in [-0.15, -0.1) is 0 Å². The summed E-state index contributed by atoms with van der Waals surface area (Å²) in [5, 5.41) is 0.